The van der Waals surface area contributed by atoms with E-state index in [4.69, 9.17) is 19.3 Å². The van der Waals surface area contributed by atoms with Crippen molar-refractivity contribution < 1.29 is 50.0 Å². The summed E-state index contributed by atoms with van der Waals surface area (Å²) in [6.07, 6.45) is -13.2. The largest absolute Gasteiger partial charge is 0.394 e. The lowest BCUT2D eigenvalue weighted by Gasteiger charge is -2.45. The summed E-state index contributed by atoms with van der Waals surface area (Å²) in [5.41, 5.74) is 0. The van der Waals surface area contributed by atoms with Gasteiger partial charge in [-0.3, -0.25) is 0 Å². The second-order valence-corrected chi connectivity index (χ2v) is 5.84. The van der Waals surface area contributed by atoms with Crippen molar-refractivity contribution >= 4 is 0 Å². The van der Waals surface area contributed by atoms with E-state index in [1.54, 1.807) is 0 Å². The van der Waals surface area contributed by atoms with Gasteiger partial charge < -0.3 is 50.0 Å². The van der Waals surface area contributed by atoms with Crippen LogP contribution < -0.4 is 0 Å². The molecule has 0 aromatic rings. The highest BCUT2D eigenvalue weighted by Gasteiger charge is 2.49. The van der Waals surface area contributed by atoms with Crippen LogP contribution in [0.3, 0.4) is 0 Å². The Morgan fingerprint density at radius 2 is 1.30 bits per heavy atom. The Balaban J connectivity index is 2.11. The fourth-order valence-corrected chi connectivity index (χ4v) is 2.76. The highest BCUT2D eigenvalue weighted by molar-refractivity contribution is 4.94. The van der Waals surface area contributed by atoms with Crippen LogP contribution in [0.1, 0.15) is 6.92 Å². The van der Waals surface area contributed by atoms with Gasteiger partial charge in [0.25, 0.3) is 0 Å². The van der Waals surface area contributed by atoms with Gasteiger partial charge in [0.1, 0.15) is 48.8 Å². The molecule has 2 fully saturated rings. The zero-order valence-electron chi connectivity index (χ0n) is 12.5. The Labute approximate surface area is 132 Å². The second-order valence-electron chi connectivity index (χ2n) is 5.84. The monoisotopic (exact) mass is 340 g/mol. The first-order valence-electron chi connectivity index (χ1n) is 7.40. The van der Waals surface area contributed by atoms with Gasteiger partial charge in [-0.1, -0.05) is 0 Å². The van der Waals surface area contributed by atoms with Gasteiger partial charge in [0, 0.05) is 0 Å². The van der Waals surface area contributed by atoms with Crippen LogP contribution in [-0.4, -0.2) is 110 Å². The Morgan fingerprint density at radius 3 is 1.87 bits per heavy atom. The van der Waals surface area contributed by atoms with Crippen molar-refractivity contribution in [3.63, 3.8) is 0 Å². The van der Waals surface area contributed by atoms with Crippen molar-refractivity contribution in [3.8, 4) is 0 Å². The fourth-order valence-electron chi connectivity index (χ4n) is 2.76. The van der Waals surface area contributed by atoms with Gasteiger partial charge >= 0.3 is 0 Å². The highest BCUT2D eigenvalue weighted by Crippen LogP contribution is 2.28. The van der Waals surface area contributed by atoms with E-state index in [0.717, 1.165) is 0 Å². The average Bonchev–Trinajstić information content (AvgIpc) is 2.54. The Morgan fingerprint density at radius 1 is 0.739 bits per heavy atom. The molecule has 2 aliphatic rings. The molecule has 2 aliphatic heterocycles. The minimum Gasteiger partial charge on any atom is -0.394 e. The summed E-state index contributed by atoms with van der Waals surface area (Å²) in [4.78, 5) is 0. The Bertz CT molecular complexity index is 380. The van der Waals surface area contributed by atoms with E-state index < -0.39 is 74.4 Å². The van der Waals surface area contributed by atoms with Gasteiger partial charge in [0.15, 0.2) is 6.29 Å². The molecule has 0 radical (unpaired) electrons. The van der Waals surface area contributed by atoms with E-state index in [2.05, 4.69) is 0 Å². The first kappa shape index (κ1) is 18.9. The quantitative estimate of drug-likeness (QED) is 0.265. The van der Waals surface area contributed by atoms with E-state index in [1.165, 1.54) is 6.92 Å². The Hall–Kier alpha value is -0.400. The molecule has 10 atom stereocenters. The molecule has 0 spiro atoms. The van der Waals surface area contributed by atoms with Crippen LogP contribution in [0, 0.1) is 0 Å². The molecule has 10 heteroatoms. The summed E-state index contributed by atoms with van der Waals surface area (Å²) >= 11 is 0. The lowest BCUT2D eigenvalue weighted by Crippen LogP contribution is -2.64. The van der Waals surface area contributed by atoms with Gasteiger partial charge in [-0.25, -0.2) is 0 Å². The summed E-state index contributed by atoms with van der Waals surface area (Å²) in [6, 6.07) is 0. The van der Waals surface area contributed by atoms with E-state index in [1.807, 2.05) is 0 Å². The molecule has 0 aliphatic carbocycles. The molecule has 2 heterocycles. The van der Waals surface area contributed by atoms with Crippen LogP contribution in [0.25, 0.3) is 0 Å². The van der Waals surface area contributed by atoms with Crippen LogP contribution in [-0.2, 0) is 14.2 Å². The number of aliphatic hydroxyl groups excluding tert-OH is 7. The van der Waals surface area contributed by atoms with Crippen molar-refractivity contribution in [1.82, 2.24) is 0 Å². The summed E-state index contributed by atoms with van der Waals surface area (Å²) in [6.45, 7) is 0.384. The molecule has 23 heavy (non-hydrogen) atoms. The highest BCUT2D eigenvalue weighted by atomic mass is 16.7. The molecule has 0 amide bonds. The molecule has 0 saturated carbocycles. The van der Waals surface area contributed by atoms with Crippen LogP contribution in [0.2, 0.25) is 0 Å². The molecule has 10 nitrogen and oxygen atoms in total. The first-order valence-corrected chi connectivity index (χ1v) is 7.40. The van der Waals surface area contributed by atoms with Crippen LogP contribution in [0.5, 0.6) is 0 Å². The third kappa shape index (κ3) is 3.66. The van der Waals surface area contributed by atoms with Crippen molar-refractivity contribution in [2.45, 2.75) is 68.1 Å². The lowest BCUT2D eigenvalue weighted by atomic mass is 9.95. The van der Waals surface area contributed by atoms with Gasteiger partial charge in [-0.2, -0.15) is 0 Å². The molecule has 2 saturated heterocycles. The van der Waals surface area contributed by atoms with Gasteiger partial charge in [0.2, 0.25) is 0 Å². The summed E-state index contributed by atoms with van der Waals surface area (Å²) < 4.78 is 15.8. The van der Waals surface area contributed by atoms with E-state index in [0.29, 0.717) is 0 Å². The SMILES string of the molecule is C[C@@H]1OC(CO)[C@@H](O)[C@@H](O[C@@H]2OC(CO)[C@@H](O)[C@@H](O)C2O)C1O. The molecule has 0 aromatic carbocycles. The lowest BCUT2D eigenvalue weighted by molar-refractivity contribution is -0.340. The third-order valence-electron chi connectivity index (χ3n) is 4.24. The van der Waals surface area contributed by atoms with Crippen LogP contribution in [0.15, 0.2) is 0 Å². The number of ether oxygens (including phenoxy) is 3. The Kier molecular flexibility index (Phi) is 6.30. The zero-order chi connectivity index (χ0) is 17.3. The predicted octanol–water partition coefficient (Wildman–Crippen LogP) is -4.33. The number of hydrogen-bond donors (Lipinski definition) is 7. The molecule has 0 bridgehead atoms. The maximum atomic E-state index is 10.1. The minimum atomic E-state index is -1.65. The van der Waals surface area contributed by atoms with Crippen LogP contribution >= 0.6 is 0 Å². The molecule has 136 valence electrons. The van der Waals surface area contributed by atoms with Crippen molar-refractivity contribution in [3.05, 3.63) is 0 Å². The standard InChI is InChI=1S/C13H24O10/c1-4-7(16)12(9(18)6(3-15)21-4)23-13-11(20)10(19)8(17)5(2-14)22-13/h4-20H,2-3H2,1H3/t4-,5?,6?,7?,8+,9+,10+,11?,12-,13-/m0/s1. The molecular formula is C13H24O10. The first-order chi connectivity index (χ1) is 10.8. The molecule has 4 unspecified atom stereocenters. The van der Waals surface area contributed by atoms with E-state index >= 15 is 0 Å². The van der Waals surface area contributed by atoms with Crippen molar-refractivity contribution in [2.24, 2.45) is 0 Å². The van der Waals surface area contributed by atoms with Crippen LogP contribution in [0.4, 0.5) is 0 Å². The van der Waals surface area contributed by atoms with E-state index in [-0.39, 0.29) is 0 Å². The second kappa shape index (κ2) is 7.66. The fraction of sp³-hybridized carbons (Fsp3) is 1.00. The smallest absolute Gasteiger partial charge is 0.187 e. The van der Waals surface area contributed by atoms with Gasteiger partial charge in [-0.05, 0) is 6.92 Å². The molecular weight excluding hydrogens is 316 g/mol. The average molecular weight is 340 g/mol. The summed E-state index contributed by atoms with van der Waals surface area (Å²) in [5.74, 6) is 0. The third-order valence-corrected chi connectivity index (χ3v) is 4.24. The molecule has 2 rings (SSSR count). The van der Waals surface area contributed by atoms with Crippen molar-refractivity contribution in [2.75, 3.05) is 13.2 Å². The maximum Gasteiger partial charge on any atom is 0.187 e. The minimum absolute atomic E-state index is 0.507. The number of rotatable bonds is 4. The predicted molar refractivity (Wildman–Crippen MR) is 72.1 cm³/mol. The number of aliphatic hydroxyl groups is 7. The summed E-state index contributed by atoms with van der Waals surface area (Å²) in [7, 11) is 0. The number of hydrogen-bond acceptors (Lipinski definition) is 10. The summed E-state index contributed by atoms with van der Waals surface area (Å²) in [5, 5.41) is 67.9. The van der Waals surface area contributed by atoms with Gasteiger partial charge in [0.05, 0.1) is 19.3 Å². The maximum absolute atomic E-state index is 10.1. The normalized spacial score (nSPS) is 51.7. The van der Waals surface area contributed by atoms with E-state index in [9.17, 15) is 30.6 Å². The topological polar surface area (TPSA) is 169 Å². The molecule has 7 N–H and O–H groups in total. The van der Waals surface area contributed by atoms with Gasteiger partial charge in [-0.15, -0.1) is 0 Å². The van der Waals surface area contributed by atoms with Crippen molar-refractivity contribution in [1.29, 1.82) is 0 Å². The zero-order valence-corrected chi connectivity index (χ0v) is 12.5. The molecule has 0 aromatic heterocycles.